The second-order valence-electron chi connectivity index (χ2n) is 6.32. The second-order valence-corrected chi connectivity index (χ2v) is 7.18. The highest BCUT2D eigenvalue weighted by Crippen LogP contribution is 2.33. The minimum atomic E-state index is -4.39. The van der Waals surface area contributed by atoms with Crippen molar-refractivity contribution in [1.82, 2.24) is 9.88 Å². The van der Waals surface area contributed by atoms with E-state index in [1.165, 1.54) is 23.5 Å². The molecule has 5 nitrogen and oxygen atoms in total. The lowest BCUT2D eigenvalue weighted by atomic mass is 10.0. The summed E-state index contributed by atoms with van der Waals surface area (Å²) in [5.74, 6) is -0.790. The third-order valence-corrected chi connectivity index (χ3v) is 5.54. The molecule has 3 heterocycles. The first-order valence-electron chi connectivity index (χ1n) is 7.92. The van der Waals surface area contributed by atoms with Crippen LogP contribution in [0.25, 0.3) is 10.6 Å². The number of carbonyl (C=O) groups is 2. The summed E-state index contributed by atoms with van der Waals surface area (Å²) in [5, 5.41) is 2.06. The number of benzene rings is 1. The van der Waals surface area contributed by atoms with Crippen LogP contribution in [0.1, 0.15) is 16.1 Å². The highest BCUT2D eigenvalue weighted by atomic mass is 32.1. The number of cyclic esters (lactones) is 1. The van der Waals surface area contributed by atoms with Crippen LogP contribution in [0, 0.1) is 11.8 Å². The average molecular weight is 382 g/mol. The fourth-order valence-electron chi connectivity index (χ4n) is 3.24. The molecule has 2 saturated heterocycles. The quantitative estimate of drug-likeness (QED) is 0.749. The van der Waals surface area contributed by atoms with Gasteiger partial charge < -0.3 is 9.64 Å². The number of esters is 1. The van der Waals surface area contributed by atoms with Gasteiger partial charge >= 0.3 is 12.1 Å². The Labute approximate surface area is 150 Å². The molecule has 2 atom stereocenters. The van der Waals surface area contributed by atoms with Crippen LogP contribution in [-0.4, -0.2) is 41.5 Å². The highest BCUT2D eigenvalue weighted by Gasteiger charge is 2.45. The number of carbonyl (C=O) groups excluding carboxylic acids is 2. The van der Waals surface area contributed by atoms with Gasteiger partial charge in [-0.15, -0.1) is 11.3 Å². The molecule has 26 heavy (non-hydrogen) atoms. The van der Waals surface area contributed by atoms with Gasteiger partial charge in [0.15, 0.2) is 0 Å². The number of fused-ring (bicyclic) bond motifs is 1. The molecule has 0 N–H and O–H groups in total. The van der Waals surface area contributed by atoms with Crippen molar-refractivity contribution < 1.29 is 27.5 Å². The largest absolute Gasteiger partial charge is 0.465 e. The van der Waals surface area contributed by atoms with Gasteiger partial charge in [0.2, 0.25) is 0 Å². The minimum absolute atomic E-state index is 0.0273. The number of likely N-dealkylation sites (tertiary alicyclic amines) is 1. The van der Waals surface area contributed by atoms with Gasteiger partial charge in [-0.25, -0.2) is 4.98 Å². The van der Waals surface area contributed by atoms with Crippen LogP contribution in [0.2, 0.25) is 0 Å². The summed E-state index contributed by atoms with van der Waals surface area (Å²) in [5.41, 5.74) is 0.0201. The zero-order valence-corrected chi connectivity index (χ0v) is 14.1. The maximum Gasteiger partial charge on any atom is 0.416 e. The molecule has 4 rings (SSSR count). The molecule has 1 aromatic carbocycles. The highest BCUT2D eigenvalue weighted by molar-refractivity contribution is 7.13. The molecule has 1 amide bonds. The lowest BCUT2D eigenvalue weighted by Crippen LogP contribution is -2.31. The normalized spacial score (nSPS) is 22.4. The number of alkyl halides is 3. The summed E-state index contributed by atoms with van der Waals surface area (Å²) in [6.07, 6.45) is -4.39. The number of thiazole rings is 1. The van der Waals surface area contributed by atoms with E-state index in [0.717, 1.165) is 12.1 Å². The third kappa shape index (κ3) is 2.96. The number of hydrogen-bond donors (Lipinski definition) is 0. The SMILES string of the molecule is O=C1OC[C@H]2CN(C(=O)c3csc(-c4ccc(C(F)(F)F)cc4)n3)C[C@@H]12. The predicted molar refractivity (Wildman–Crippen MR) is 86.4 cm³/mol. The fraction of sp³-hybridized carbons (Fsp3) is 0.353. The smallest absolute Gasteiger partial charge is 0.416 e. The van der Waals surface area contributed by atoms with Crippen molar-refractivity contribution >= 4 is 23.2 Å². The van der Waals surface area contributed by atoms with Crippen LogP contribution in [0.4, 0.5) is 13.2 Å². The van der Waals surface area contributed by atoms with E-state index < -0.39 is 11.7 Å². The molecule has 0 saturated carbocycles. The third-order valence-electron chi connectivity index (χ3n) is 4.65. The second kappa shape index (κ2) is 6.08. The Morgan fingerprint density at radius 1 is 1.23 bits per heavy atom. The van der Waals surface area contributed by atoms with Gasteiger partial charge in [-0.3, -0.25) is 9.59 Å². The van der Waals surface area contributed by atoms with E-state index >= 15 is 0 Å². The molecular weight excluding hydrogens is 369 g/mol. The van der Waals surface area contributed by atoms with Gasteiger partial charge in [-0.05, 0) is 12.1 Å². The number of nitrogens with zero attached hydrogens (tertiary/aromatic N) is 2. The van der Waals surface area contributed by atoms with Crippen LogP contribution in [0.5, 0.6) is 0 Å². The summed E-state index contributed by atoms with van der Waals surface area (Å²) < 4.78 is 42.9. The van der Waals surface area contributed by atoms with Crippen molar-refractivity contribution in [3.8, 4) is 10.6 Å². The molecule has 0 bridgehead atoms. The summed E-state index contributed by atoms with van der Waals surface area (Å²) in [6.45, 7) is 1.10. The molecule has 0 aliphatic carbocycles. The first kappa shape index (κ1) is 17.0. The van der Waals surface area contributed by atoms with Crippen LogP contribution >= 0.6 is 11.3 Å². The Kier molecular flexibility index (Phi) is 3.98. The number of ether oxygens (including phenoxy) is 1. The van der Waals surface area contributed by atoms with E-state index in [4.69, 9.17) is 4.74 Å². The molecule has 0 unspecified atom stereocenters. The summed E-state index contributed by atoms with van der Waals surface area (Å²) in [6, 6.07) is 4.66. The predicted octanol–water partition coefficient (Wildman–Crippen LogP) is 3.07. The van der Waals surface area contributed by atoms with E-state index in [1.807, 2.05) is 0 Å². The Balaban J connectivity index is 1.49. The Bertz CT molecular complexity index is 863. The van der Waals surface area contributed by atoms with E-state index in [-0.39, 0.29) is 29.4 Å². The van der Waals surface area contributed by atoms with Crippen LogP contribution in [-0.2, 0) is 15.7 Å². The van der Waals surface area contributed by atoms with E-state index in [9.17, 15) is 22.8 Å². The number of halogens is 3. The van der Waals surface area contributed by atoms with E-state index in [0.29, 0.717) is 30.3 Å². The Morgan fingerprint density at radius 3 is 2.62 bits per heavy atom. The van der Waals surface area contributed by atoms with Crippen molar-refractivity contribution in [2.24, 2.45) is 11.8 Å². The lowest BCUT2D eigenvalue weighted by Gasteiger charge is -2.15. The van der Waals surface area contributed by atoms with E-state index in [2.05, 4.69) is 4.98 Å². The fourth-order valence-corrected chi connectivity index (χ4v) is 4.04. The molecule has 2 aliphatic rings. The van der Waals surface area contributed by atoms with Gasteiger partial charge in [0.25, 0.3) is 5.91 Å². The lowest BCUT2D eigenvalue weighted by molar-refractivity contribution is -0.141. The van der Waals surface area contributed by atoms with Crippen LogP contribution in [0.15, 0.2) is 29.6 Å². The van der Waals surface area contributed by atoms with Crippen molar-refractivity contribution in [3.63, 3.8) is 0 Å². The molecule has 9 heteroatoms. The summed E-state index contributed by atoms with van der Waals surface area (Å²) >= 11 is 1.19. The molecule has 1 aromatic heterocycles. The first-order valence-corrected chi connectivity index (χ1v) is 8.80. The average Bonchev–Trinajstić information content (AvgIpc) is 3.31. The number of rotatable bonds is 2. The van der Waals surface area contributed by atoms with Gasteiger partial charge in [-0.1, -0.05) is 12.1 Å². The van der Waals surface area contributed by atoms with Crippen molar-refractivity contribution in [2.45, 2.75) is 6.18 Å². The van der Waals surface area contributed by atoms with Crippen LogP contribution in [0.3, 0.4) is 0 Å². The van der Waals surface area contributed by atoms with Crippen molar-refractivity contribution in [2.75, 3.05) is 19.7 Å². The number of hydrogen-bond acceptors (Lipinski definition) is 5. The maximum absolute atomic E-state index is 12.6. The molecule has 136 valence electrons. The molecule has 0 spiro atoms. The first-order chi connectivity index (χ1) is 12.3. The van der Waals surface area contributed by atoms with Crippen molar-refractivity contribution in [3.05, 3.63) is 40.9 Å². The van der Waals surface area contributed by atoms with Crippen LogP contribution < -0.4 is 0 Å². The van der Waals surface area contributed by atoms with Crippen molar-refractivity contribution in [1.29, 1.82) is 0 Å². The number of aromatic nitrogens is 1. The summed E-state index contributed by atoms with van der Waals surface area (Å²) in [7, 11) is 0. The topological polar surface area (TPSA) is 59.5 Å². The number of amides is 1. The standard InChI is InChI=1S/C17H13F3N2O3S/c18-17(19,20)11-3-1-9(2-4-11)14-21-13(8-26-14)15(23)22-5-10-7-25-16(24)12(10)6-22/h1-4,8,10,12H,5-7H2/t10-,12-/m1/s1. The van der Waals surface area contributed by atoms with Gasteiger partial charge in [0.1, 0.15) is 10.7 Å². The van der Waals surface area contributed by atoms with E-state index in [1.54, 1.807) is 10.3 Å². The molecular formula is C17H13F3N2O3S. The van der Waals surface area contributed by atoms with Gasteiger partial charge in [-0.2, -0.15) is 13.2 Å². The summed E-state index contributed by atoms with van der Waals surface area (Å²) in [4.78, 5) is 30.0. The molecule has 2 aromatic rings. The molecule has 2 fully saturated rings. The Hall–Kier alpha value is -2.42. The van der Waals surface area contributed by atoms with Gasteiger partial charge in [0, 0.05) is 30.0 Å². The monoisotopic (exact) mass is 382 g/mol. The zero-order chi connectivity index (χ0) is 18.5. The molecule has 2 aliphatic heterocycles. The van der Waals surface area contributed by atoms with Gasteiger partial charge in [0.05, 0.1) is 18.1 Å². The minimum Gasteiger partial charge on any atom is -0.465 e. The molecule has 0 radical (unpaired) electrons. The Morgan fingerprint density at radius 2 is 1.96 bits per heavy atom. The zero-order valence-electron chi connectivity index (χ0n) is 13.3. The maximum atomic E-state index is 12.6.